The second-order valence-corrected chi connectivity index (χ2v) is 4.65. The number of nitrogen functional groups attached to an aromatic ring is 1. The van der Waals surface area contributed by atoms with E-state index in [4.69, 9.17) is 10.5 Å². The second-order valence-electron chi connectivity index (χ2n) is 2.55. The van der Waals surface area contributed by atoms with Crippen molar-refractivity contribution in [2.24, 2.45) is 0 Å². The number of esters is 1. The largest absolute Gasteiger partial charge is 0.462 e. The van der Waals surface area contributed by atoms with Crippen LogP contribution in [0.25, 0.3) is 9.53 Å². The summed E-state index contributed by atoms with van der Waals surface area (Å²) in [7, 11) is 0. The summed E-state index contributed by atoms with van der Waals surface area (Å²) >= 11 is 2.69. The van der Waals surface area contributed by atoms with Crippen LogP contribution in [0, 0.1) is 0 Å². The molecule has 2 N–H and O–H groups in total. The van der Waals surface area contributed by atoms with E-state index in [0.29, 0.717) is 16.6 Å². The molecule has 0 aliphatic rings. The Morgan fingerprint density at radius 1 is 1.64 bits per heavy atom. The van der Waals surface area contributed by atoms with E-state index in [9.17, 15) is 4.79 Å². The Labute approximate surface area is 88.3 Å². The van der Waals surface area contributed by atoms with Crippen LogP contribution in [-0.2, 0) is 4.74 Å². The number of anilines is 1. The quantitative estimate of drug-likeness (QED) is 0.799. The highest BCUT2D eigenvalue weighted by molar-refractivity contribution is 7.29. The van der Waals surface area contributed by atoms with Gasteiger partial charge in [0, 0.05) is 0 Å². The molecule has 0 spiro atoms. The molecule has 74 valence electrons. The maximum absolute atomic E-state index is 11.3. The number of aromatic nitrogens is 1. The standard InChI is InChI=1S/C8H8N2O2S2/c1-2-12-7(11)5-3-4-6(13-5)10-8(9)14-4/h3H,2H2,1H3,(H2,9,10). The van der Waals surface area contributed by atoms with Crippen LogP contribution in [0.4, 0.5) is 5.13 Å². The van der Waals surface area contributed by atoms with E-state index in [0.717, 1.165) is 9.53 Å². The van der Waals surface area contributed by atoms with Crippen molar-refractivity contribution >= 4 is 43.3 Å². The van der Waals surface area contributed by atoms with Gasteiger partial charge in [-0.3, -0.25) is 0 Å². The zero-order valence-electron chi connectivity index (χ0n) is 7.44. The van der Waals surface area contributed by atoms with Gasteiger partial charge in [0.2, 0.25) is 0 Å². The van der Waals surface area contributed by atoms with E-state index >= 15 is 0 Å². The van der Waals surface area contributed by atoms with E-state index in [1.54, 1.807) is 13.0 Å². The Balaban J connectivity index is 2.36. The summed E-state index contributed by atoms with van der Waals surface area (Å²) in [6.45, 7) is 2.17. The number of hydrogen-bond acceptors (Lipinski definition) is 6. The molecular formula is C8H8N2O2S2. The highest BCUT2D eigenvalue weighted by Crippen LogP contribution is 2.31. The van der Waals surface area contributed by atoms with Crippen LogP contribution in [0.5, 0.6) is 0 Å². The molecule has 0 saturated heterocycles. The Hall–Kier alpha value is -1.14. The van der Waals surface area contributed by atoms with Crippen LogP contribution in [-0.4, -0.2) is 17.6 Å². The smallest absolute Gasteiger partial charge is 0.348 e. The molecule has 0 radical (unpaired) electrons. The number of thiophene rings is 1. The fourth-order valence-corrected chi connectivity index (χ4v) is 2.94. The van der Waals surface area contributed by atoms with E-state index < -0.39 is 0 Å². The molecule has 0 aliphatic carbocycles. The van der Waals surface area contributed by atoms with Crippen molar-refractivity contribution in [1.82, 2.24) is 4.98 Å². The first-order chi connectivity index (χ1) is 6.70. The first-order valence-corrected chi connectivity index (χ1v) is 5.67. The third-order valence-corrected chi connectivity index (χ3v) is 3.55. The van der Waals surface area contributed by atoms with E-state index in [2.05, 4.69) is 4.98 Å². The molecule has 0 unspecified atom stereocenters. The zero-order valence-corrected chi connectivity index (χ0v) is 9.08. The van der Waals surface area contributed by atoms with Crippen LogP contribution in [0.15, 0.2) is 6.07 Å². The van der Waals surface area contributed by atoms with Gasteiger partial charge in [-0.25, -0.2) is 9.78 Å². The monoisotopic (exact) mass is 228 g/mol. The number of nitrogens with two attached hydrogens (primary N) is 1. The molecule has 6 heteroatoms. The summed E-state index contributed by atoms with van der Waals surface area (Å²) in [4.78, 5) is 16.8. The summed E-state index contributed by atoms with van der Waals surface area (Å²) in [5, 5.41) is 0.529. The Morgan fingerprint density at radius 2 is 2.43 bits per heavy atom. The topological polar surface area (TPSA) is 65.2 Å². The van der Waals surface area contributed by atoms with E-state index in [-0.39, 0.29) is 5.97 Å². The Bertz CT molecular complexity index is 443. The van der Waals surface area contributed by atoms with E-state index in [1.165, 1.54) is 22.7 Å². The van der Waals surface area contributed by atoms with Crippen molar-refractivity contribution in [2.75, 3.05) is 12.3 Å². The molecule has 0 fully saturated rings. The first-order valence-electron chi connectivity index (χ1n) is 4.03. The van der Waals surface area contributed by atoms with Crippen molar-refractivity contribution in [3.63, 3.8) is 0 Å². The summed E-state index contributed by atoms with van der Waals surface area (Å²) < 4.78 is 5.81. The molecule has 0 bridgehead atoms. The highest BCUT2D eigenvalue weighted by Gasteiger charge is 2.13. The number of carbonyl (C=O) groups is 1. The molecule has 2 rings (SSSR count). The first kappa shape index (κ1) is 9.42. The molecule has 0 aromatic carbocycles. The van der Waals surface area contributed by atoms with Crippen molar-refractivity contribution in [2.45, 2.75) is 6.92 Å². The third kappa shape index (κ3) is 1.58. The average molecular weight is 228 g/mol. The number of thiazole rings is 1. The fraction of sp³-hybridized carbons (Fsp3) is 0.250. The molecule has 0 saturated carbocycles. The second kappa shape index (κ2) is 3.55. The van der Waals surface area contributed by atoms with Crippen LogP contribution >= 0.6 is 22.7 Å². The van der Waals surface area contributed by atoms with Gasteiger partial charge in [0.15, 0.2) is 5.13 Å². The SMILES string of the molecule is CCOC(=O)c1cc2sc(N)nc2s1. The van der Waals surface area contributed by atoms with Crippen molar-refractivity contribution in [1.29, 1.82) is 0 Å². The predicted molar refractivity (Wildman–Crippen MR) is 57.9 cm³/mol. The number of ether oxygens (including phenoxy) is 1. The minimum absolute atomic E-state index is 0.290. The lowest BCUT2D eigenvalue weighted by molar-refractivity contribution is 0.0532. The number of fused-ring (bicyclic) bond motifs is 1. The number of hydrogen-bond donors (Lipinski definition) is 1. The highest BCUT2D eigenvalue weighted by atomic mass is 32.1. The van der Waals surface area contributed by atoms with Crippen LogP contribution in [0.3, 0.4) is 0 Å². The number of rotatable bonds is 2. The predicted octanol–water partition coefficient (Wildman–Crippen LogP) is 2.12. The zero-order chi connectivity index (χ0) is 10.1. The normalized spacial score (nSPS) is 10.6. The van der Waals surface area contributed by atoms with Gasteiger partial charge >= 0.3 is 5.97 Å². The van der Waals surface area contributed by atoms with Crippen LogP contribution < -0.4 is 5.73 Å². The molecule has 2 heterocycles. The number of carbonyl (C=O) groups excluding carboxylic acids is 1. The fourth-order valence-electron chi connectivity index (χ4n) is 1.05. The van der Waals surface area contributed by atoms with E-state index in [1.807, 2.05) is 0 Å². The Morgan fingerprint density at radius 3 is 3.07 bits per heavy atom. The van der Waals surface area contributed by atoms with Crippen molar-refractivity contribution < 1.29 is 9.53 Å². The number of nitrogens with zero attached hydrogens (tertiary/aromatic N) is 1. The molecule has 0 amide bonds. The summed E-state index contributed by atoms with van der Waals surface area (Å²) in [5.41, 5.74) is 5.52. The molecule has 0 atom stereocenters. The molecule has 14 heavy (non-hydrogen) atoms. The van der Waals surface area contributed by atoms with Gasteiger partial charge < -0.3 is 10.5 Å². The minimum Gasteiger partial charge on any atom is -0.462 e. The van der Waals surface area contributed by atoms with Gasteiger partial charge in [0.05, 0.1) is 11.3 Å². The Kier molecular flexibility index (Phi) is 2.39. The summed E-state index contributed by atoms with van der Waals surface area (Å²) in [5.74, 6) is -0.290. The lowest BCUT2D eigenvalue weighted by atomic mass is 10.5. The van der Waals surface area contributed by atoms with Crippen molar-refractivity contribution in [3.8, 4) is 0 Å². The molecule has 4 nitrogen and oxygen atoms in total. The molecule has 0 aliphatic heterocycles. The summed E-state index contributed by atoms with van der Waals surface area (Å²) in [6, 6.07) is 1.77. The van der Waals surface area contributed by atoms with Gasteiger partial charge in [-0.2, -0.15) is 0 Å². The molecular weight excluding hydrogens is 220 g/mol. The summed E-state index contributed by atoms with van der Waals surface area (Å²) in [6.07, 6.45) is 0. The maximum Gasteiger partial charge on any atom is 0.348 e. The average Bonchev–Trinajstić information content (AvgIpc) is 2.61. The molecule has 2 aromatic heterocycles. The minimum atomic E-state index is -0.290. The van der Waals surface area contributed by atoms with Gasteiger partial charge in [0.1, 0.15) is 9.71 Å². The lowest BCUT2D eigenvalue weighted by Crippen LogP contribution is -2.01. The van der Waals surface area contributed by atoms with Gasteiger partial charge in [0.25, 0.3) is 0 Å². The van der Waals surface area contributed by atoms with Crippen LogP contribution in [0.1, 0.15) is 16.6 Å². The van der Waals surface area contributed by atoms with Crippen molar-refractivity contribution in [3.05, 3.63) is 10.9 Å². The molecule has 2 aromatic rings. The lowest BCUT2D eigenvalue weighted by Gasteiger charge is -1.95. The third-order valence-electron chi connectivity index (χ3n) is 1.58. The van der Waals surface area contributed by atoms with Crippen LogP contribution in [0.2, 0.25) is 0 Å². The maximum atomic E-state index is 11.3. The van der Waals surface area contributed by atoms with Gasteiger partial charge in [-0.15, -0.1) is 11.3 Å². The van der Waals surface area contributed by atoms with Gasteiger partial charge in [-0.1, -0.05) is 11.3 Å². The van der Waals surface area contributed by atoms with Gasteiger partial charge in [-0.05, 0) is 13.0 Å².